The monoisotopic (exact) mass is 274 g/mol. The quantitative estimate of drug-likeness (QED) is 0.839. The summed E-state index contributed by atoms with van der Waals surface area (Å²) in [5.74, 6) is 1.11. The molecule has 0 radical (unpaired) electrons. The minimum absolute atomic E-state index is 0.385. The zero-order valence-corrected chi connectivity index (χ0v) is 12.9. The minimum Gasteiger partial charge on any atom is -0.378 e. The van der Waals surface area contributed by atoms with E-state index in [1.54, 1.807) is 0 Å². The Balaban J connectivity index is 1.80. The number of anilines is 1. The maximum absolute atomic E-state index is 6.01. The molecule has 110 valence electrons. The van der Waals surface area contributed by atoms with Gasteiger partial charge in [0.1, 0.15) is 5.82 Å². The van der Waals surface area contributed by atoms with Crippen LogP contribution in [0, 0.1) is 12.3 Å². The van der Waals surface area contributed by atoms with E-state index in [4.69, 9.17) is 4.74 Å². The molecule has 0 aliphatic heterocycles. The molecule has 0 aromatic carbocycles. The molecular weight excluding hydrogens is 248 g/mol. The predicted octanol–water partition coefficient (Wildman–Crippen LogP) is 3.56. The topological polar surface area (TPSA) is 25.4 Å². The highest BCUT2D eigenvalue weighted by Gasteiger charge is 2.58. The van der Waals surface area contributed by atoms with Crippen LogP contribution in [-0.2, 0) is 4.74 Å². The fraction of sp³-hybridized carbons (Fsp3) is 0.706. The first-order valence-electron chi connectivity index (χ1n) is 7.95. The largest absolute Gasteiger partial charge is 0.378 e. The molecule has 1 aromatic heterocycles. The smallest absolute Gasteiger partial charge is 0.128 e. The van der Waals surface area contributed by atoms with Gasteiger partial charge in [0.25, 0.3) is 0 Å². The van der Waals surface area contributed by atoms with E-state index in [0.717, 1.165) is 24.5 Å². The van der Waals surface area contributed by atoms with Gasteiger partial charge in [-0.15, -0.1) is 0 Å². The van der Waals surface area contributed by atoms with Gasteiger partial charge in [0, 0.05) is 30.8 Å². The molecule has 1 heterocycles. The van der Waals surface area contributed by atoms with E-state index in [2.05, 4.69) is 49.0 Å². The first kappa shape index (κ1) is 13.9. The van der Waals surface area contributed by atoms with Crippen molar-refractivity contribution in [1.82, 2.24) is 4.98 Å². The number of hydrogen-bond donors (Lipinski definition) is 0. The highest BCUT2D eigenvalue weighted by Crippen LogP contribution is 2.56. The summed E-state index contributed by atoms with van der Waals surface area (Å²) in [7, 11) is 2.20. The van der Waals surface area contributed by atoms with E-state index in [1.165, 1.54) is 25.7 Å². The Labute approximate surface area is 122 Å². The van der Waals surface area contributed by atoms with Crippen molar-refractivity contribution in [2.75, 3.05) is 18.6 Å². The maximum Gasteiger partial charge on any atom is 0.128 e. The lowest BCUT2D eigenvalue weighted by Gasteiger charge is -2.57. The van der Waals surface area contributed by atoms with Crippen molar-refractivity contribution < 1.29 is 4.74 Å². The zero-order valence-electron chi connectivity index (χ0n) is 12.9. The first-order valence-corrected chi connectivity index (χ1v) is 7.95. The normalized spacial score (nSPS) is 27.6. The zero-order chi connectivity index (χ0) is 14.2. The summed E-state index contributed by atoms with van der Waals surface area (Å²) in [5, 5.41) is 0. The van der Waals surface area contributed by atoms with Crippen LogP contribution in [0.25, 0.3) is 0 Å². The molecule has 0 N–H and O–H groups in total. The summed E-state index contributed by atoms with van der Waals surface area (Å²) in [6.07, 6.45) is 6.97. The van der Waals surface area contributed by atoms with Crippen molar-refractivity contribution >= 4 is 5.82 Å². The minimum atomic E-state index is 0.385. The maximum atomic E-state index is 6.01. The lowest BCUT2D eigenvalue weighted by atomic mass is 9.60. The predicted molar refractivity (Wildman–Crippen MR) is 82.1 cm³/mol. The summed E-state index contributed by atoms with van der Waals surface area (Å²) >= 11 is 0. The van der Waals surface area contributed by atoms with Gasteiger partial charge in [0.2, 0.25) is 0 Å². The van der Waals surface area contributed by atoms with Crippen molar-refractivity contribution in [2.45, 2.75) is 58.1 Å². The molecule has 2 aliphatic carbocycles. The van der Waals surface area contributed by atoms with Gasteiger partial charge in [-0.3, -0.25) is 0 Å². The number of ether oxygens (including phenoxy) is 1. The van der Waals surface area contributed by atoms with Crippen LogP contribution in [0.4, 0.5) is 5.82 Å². The lowest BCUT2D eigenvalue weighted by Crippen LogP contribution is -2.63. The highest BCUT2D eigenvalue weighted by molar-refractivity contribution is 5.42. The molecule has 0 bridgehead atoms. The highest BCUT2D eigenvalue weighted by atomic mass is 16.5. The number of aromatic nitrogens is 1. The van der Waals surface area contributed by atoms with E-state index < -0.39 is 0 Å². The van der Waals surface area contributed by atoms with Gasteiger partial charge in [0.05, 0.1) is 6.10 Å². The van der Waals surface area contributed by atoms with Crippen molar-refractivity contribution in [3.05, 3.63) is 23.9 Å². The van der Waals surface area contributed by atoms with E-state index >= 15 is 0 Å². The van der Waals surface area contributed by atoms with Crippen molar-refractivity contribution in [2.24, 2.45) is 5.41 Å². The lowest BCUT2D eigenvalue weighted by molar-refractivity contribution is -0.121. The molecule has 1 spiro atoms. The Hall–Kier alpha value is -1.09. The molecule has 0 saturated heterocycles. The number of nitrogens with zero attached hydrogens (tertiary/aromatic N) is 2. The number of hydrogen-bond acceptors (Lipinski definition) is 3. The van der Waals surface area contributed by atoms with Crippen LogP contribution in [0.1, 0.15) is 44.7 Å². The Kier molecular flexibility index (Phi) is 3.72. The number of aryl methyl sites for hydroxylation is 1. The molecule has 20 heavy (non-hydrogen) atoms. The SMILES string of the molecule is CCOC1CC(N(C)c2cccc(C)n2)C12CCCC2. The first-order chi connectivity index (χ1) is 9.67. The molecule has 1 aromatic rings. The number of pyridine rings is 1. The van der Waals surface area contributed by atoms with Crippen LogP contribution in [0.2, 0.25) is 0 Å². The van der Waals surface area contributed by atoms with Gasteiger partial charge in [0.15, 0.2) is 0 Å². The molecule has 3 nitrogen and oxygen atoms in total. The van der Waals surface area contributed by atoms with Crippen LogP contribution in [-0.4, -0.2) is 30.8 Å². The summed E-state index contributed by atoms with van der Waals surface area (Å²) in [4.78, 5) is 7.08. The Bertz CT molecular complexity index is 468. The molecule has 2 unspecified atom stereocenters. The summed E-state index contributed by atoms with van der Waals surface area (Å²) in [6.45, 7) is 5.01. The van der Waals surface area contributed by atoms with Gasteiger partial charge in [-0.2, -0.15) is 0 Å². The summed E-state index contributed by atoms with van der Waals surface area (Å²) in [6, 6.07) is 6.89. The van der Waals surface area contributed by atoms with Gasteiger partial charge in [-0.1, -0.05) is 18.9 Å². The summed E-state index contributed by atoms with van der Waals surface area (Å²) in [5.41, 5.74) is 1.48. The second-order valence-corrected chi connectivity index (χ2v) is 6.38. The molecule has 3 rings (SSSR count). The molecule has 0 amide bonds. The van der Waals surface area contributed by atoms with Crippen molar-refractivity contribution in [1.29, 1.82) is 0 Å². The van der Waals surface area contributed by atoms with E-state index in [1.807, 2.05) is 0 Å². The van der Waals surface area contributed by atoms with Gasteiger partial charge in [-0.25, -0.2) is 4.98 Å². The Morgan fingerprint density at radius 1 is 1.35 bits per heavy atom. The molecule has 2 saturated carbocycles. The Morgan fingerprint density at radius 3 is 2.75 bits per heavy atom. The summed E-state index contributed by atoms with van der Waals surface area (Å²) < 4.78 is 6.01. The molecule has 3 heteroatoms. The van der Waals surface area contributed by atoms with Crippen molar-refractivity contribution in [3.63, 3.8) is 0 Å². The van der Waals surface area contributed by atoms with Crippen molar-refractivity contribution in [3.8, 4) is 0 Å². The van der Waals surface area contributed by atoms with Crippen LogP contribution in [0.5, 0.6) is 0 Å². The second-order valence-electron chi connectivity index (χ2n) is 6.38. The fourth-order valence-corrected chi connectivity index (χ4v) is 4.28. The molecular formula is C17H26N2O. The van der Waals surface area contributed by atoms with Gasteiger partial charge < -0.3 is 9.64 Å². The van der Waals surface area contributed by atoms with E-state index in [-0.39, 0.29) is 0 Å². The van der Waals surface area contributed by atoms with Crippen LogP contribution in [0.3, 0.4) is 0 Å². The second kappa shape index (κ2) is 5.36. The van der Waals surface area contributed by atoms with Crippen LogP contribution < -0.4 is 4.90 Å². The molecule has 2 atom stereocenters. The van der Waals surface area contributed by atoms with E-state index in [0.29, 0.717) is 17.6 Å². The average molecular weight is 274 g/mol. The molecule has 2 aliphatic rings. The average Bonchev–Trinajstić information content (AvgIpc) is 2.95. The Morgan fingerprint density at radius 2 is 2.10 bits per heavy atom. The fourth-order valence-electron chi connectivity index (χ4n) is 4.28. The van der Waals surface area contributed by atoms with Crippen LogP contribution >= 0.6 is 0 Å². The third-order valence-electron chi connectivity index (χ3n) is 5.35. The van der Waals surface area contributed by atoms with E-state index in [9.17, 15) is 0 Å². The van der Waals surface area contributed by atoms with Gasteiger partial charge in [-0.05, 0) is 45.2 Å². The van der Waals surface area contributed by atoms with Crippen LogP contribution in [0.15, 0.2) is 18.2 Å². The third-order valence-corrected chi connectivity index (χ3v) is 5.35. The molecule has 2 fully saturated rings. The van der Waals surface area contributed by atoms with Gasteiger partial charge >= 0.3 is 0 Å². The third kappa shape index (κ3) is 2.12. The number of rotatable bonds is 4. The standard InChI is InChI=1S/C17H26N2O/c1-4-20-15-12-14(17(15)10-5-6-11-17)19(3)16-9-7-8-13(2)18-16/h7-9,14-15H,4-6,10-12H2,1-3H3.